The van der Waals surface area contributed by atoms with Crippen molar-refractivity contribution in [3.05, 3.63) is 48.2 Å². The summed E-state index contributed by atoms with van der Waals surface area (Å²) >= 11 is 4.55. The number of hydrogen-bond acceptors (Lipinski definition) is 5. The van der Waals surface area contributed by atoms with Crippen LogP contribution in [-0.4, -0.2) is 10.1 Å². The van der Waals surface area contributed by atoms with E-state index in [-0.39, 0.29) is 0 Å². The normalized spacial score (nSPS) is 9.06. The molecule has 0 atom stereocenters. The maximum Gasteiger partial charge on any atom is 0.246 e. The number of nitrogens with zero attached hydrogens (tertiary/aromatic N) is 3. The lowest BCUT2D eigenvalue weighted by molar-refractivity contribution is 0.464. The van der Waals surface area contributed by atoms with E-state index in [0.29, 0.717) is 22.9 Å². The fourth-order valence-electron chi connectivity index (χ4n) is 1.34. The van der Waals surface area contributed by atoms with Crippen molar-refractivity contribution < 1.29 is 4.74 Å². The van der Waals surface area contributed by atoms with Crippen molar-refractivity contribution in [3.63, 3.8) is 0 Å². The molecule has 0 radical (unpaired) electrons. The summed E-state index contributed by atoms with van der Waals surface area (Å²) in [6.07, 6.45) is 1.59. The molecule has 86 valence electrons. The van der Waals surface area contributed by atoms with Crippen LogP contribution in [0.3, 0.4) is 0 Å². The Morgan fingerprint density at radius 3 is 2.94 bits per heavy atom. The monoisotopic (exact) mass is 253 g/mol. The molecule has 0 amide bonds. The van der Waals surface area contributed by atoms with Crippen LogP contribution in [-0.2, 0) is 0 Å². The van der Waals surface area contributed by atoms with Crippen molar-refractivity contribution >= 4 is 23.1 Å². The summed E-state index contributed by atoms with van der Waals surface area (Å²) < 4.78 is 5.56. The fourth-order valence-corrected chi connectivity index (χ4v) is 1.43. The van der Waals surface area contributed by atoms with Gasteiger partial charge < -0.3 is 4.74 Å². The summed E-state index contributed by atoms with van der Waals surface area (Å²) in [5.74, 6) is 0.846. The van der Waals surface area contributed by atoms with E-state index in [0.717, 1.165) is 0 Å². The van der Waals surface area contributed by atoms with Gasteiger partial charge in [-0.2, -0.15) is 10.3 Å². The first-order valence-electron chi connectivity index (χ1n) is 5.04. The molecule has 5 heteroatoms. The van der Waals surface area contributed by atoms with Gasteiger partial charge in [0.15, 0.2) is 0 Å². The molecule has 0 saturated carbocycles. The van der Waals surface area contributed by atoms with Gasteiger partial charge in [-0.3, -0.25) is 0 Å². The maximum atomic E-state index is 8.80. The fraction of sp³-hybridized carbons (Fsp3) is 0. The molecule has 0 fully saturated rings. The van der Waals surface area contributed by atoms with Gasteiger partial charge in [-0.05, 0) is 42.5 Å². The van der Waals surface area contributed by atoms with Gasteiger partial charge in [-0.15, -0.1) is 0 Å². The molecule has 2 rings (SSSR count). The van der Waals surface area contributed by atoms with Crippen molar-refractivity contribution in [2.75, 3.05) is 0 Å². The first-order valence-corrected chi connectivity index (χ1v) is 5.45. The zero-order valence-corrected chi connectivity index (χ0v) is 10.0. The summed E-state index contributed by atoms with van der Waals surface area (Å²) in [5.41, 5.74) is 1.01. The second-order valence-corrected chi connectivity index (χ2v) is 3.46. The molecular formula is C13H7N3OS. The number of isothiocyanates is 1. The second kappa shape index (κ2) is 5.69. The van der Waals surface area contributed by atoms with Crippen LogP contribution >= 0.6 is 12.2 Å². The van der Waals surface area contributed by atoms with Crippen molar-refractivity contribution in [3.8, 4) is 17.7 Å². The molecule has 1 heterocycles. The lowest BCUT2D eigenvalue weighted by atomic mass is 10.2. The van der Waals surface area contributed by atoms with Crippen LogP contribution in [0.15, 0.2) is 47.6 Å². The Morgan fingerprint density at radius 2 is 2.17 bits per heavy atom. The first-order chi connectivity index (χ1) is 8.83. The van der Waals surface area contributed by atoms with Crippen LogP contribution in [0.1, 0.15) is 5.56 Å². The van der Waals surface area contributed by atoms with Gasteiger partial charge in [0.25, 0.3) is 0 Å². The van der Waals surface area contributed by atoms with Crippen LogP contribution in [0.2, 0.25) is 0 Å². The molecule has 0 spiro atoms. The van der Waals surface area contributed by atoms with Crippen LogP contribution in [0.5, 0.6) is 11.6 Å². The van der Waals surface area contributed by atoms with Gasteiger partial charge in [0, 0.05) is 6.20 Å². The Labute approximate surface area is 109 Å². The summed E-state index contributed by atoms with van der Waals surface area (Å²) in [6, 6.07) is 12.3. The van der Waals surface area contributed by atoms with Crippen molar-refractivity contribution in [1.82, 2.24) is 4.98 Å². The van der Waals surface area contributed by atoms with Crippen LogP contribution < -0.4 is 4.74 Å². The van der Waals surface area contributed by atoms with E-state index in [9.17, 15) is 0 Å². The molecular weight excluding hydrogens is 246 g/mol. The molecule has 4 nitrogen and oxygen atoms in total. The Balaban J connectivity index is 2.34. The van der Waals surface area contributed by atoms with Crippen LogP contribution in [0.4, 0.5) is 5.69 Å². The lowest BCUT2D eigenvalue weighted by Crippen LogP contribution is -1.88. The Kier molecular flexibility index (Phi) is 3.77. The molecule has 1 aromatic heterocycles. The molecule has 1 aromatic carbocycles. The van der Waals surface area contributed by atoms with E-state index in [1.54, 1.807) is 42.6 Å². The highest BCUT2D eigenvalue weighted by atomic mass is 32.1. The number of pyridine rings is 1. The van der Waals surface area contributed by atoms with Crippen LogP contribution in [0.25, 0.3) is 0 Å². The van der Waals surface area contributed by atoms with E-state index >= 15 is 0 Å². The largest absolute Gasteiger partial charge is 0.437 e. The number of nitriles is 1. The molecule has 0 unspecified atom stereocenters. The number of ether oxygens (including phenoxy) is 1. The summed E-state index contributed by atoms with van der Waals surface area (Å²) in [4.78, 5) is 7.92. The predicted octanol–water partition coefficient (Wildman–Crippen LogP) is 3.48. The van der Waals surface area contributed by atoms with E-state index < -0.39 is 0 Å². The van der Waals surface area contributed by atoms with Gasteiger partial charge in [0.2, 0.25) is 5.88 Å². The number of thiocarbonyl (C=S) groups is 1. The minimum absolute atomic E-state index is 0.324. The third-order valence-corrected chi connectivity index (χ3v) is 2.19. The SMILES string of the molecule is N#Cc1cccc(Oc2ncccc2N=C=S)c1. The average molecular weight is 253 g/mol. The zero-order chi connectivity index (χ0) is 12.8. The summed E-state index contributed by atoms with van der Waals surface area (Å²) in [7, 11) is 0. The average Bonchev–Trinajstić information content (AvgIpc) is 2.41. The Hall–Kier alpha value is -2.54. The summed E-state index contributed by atoms with van der Waals surface area (Å²) in [5, 5.41) is 11.1. The number of benzene rings is 1. The Morgan fingerprint density at radius 1 is 1.28 bits per heavy atom. The van der Waals surface area contributed by atoms with Gasteiger partial charge in [-0.1, -0.05) is 6.07 Å². The third kappa shape index (κ3) is 2.77. The number of aromatic nitrogens is 1. The molecule has 0 saturated heterocycles. The topological polar surface area (TPSA) is 58.3 Å². The number of aliphatic imine (C=N–C) groups is 1. The highest BCUT2D eigenvalue weighted by molar-refractivity contribution is 7.78. The number of hydrogen-bond donors (Lipinski definition) is 0. The first kappa shape index (κ1) is 11.9. The predicted molar refractivity (Wildman–Crippen MR) is 70.2 cm³/mol. The maximum absolute atomic E-state index is 8.80. The molecule has 2 aromatic rings. The van der Waals surface area contributed by atoms with Crippen LogP contribution in [0, 0.1) is 11.3 Å². The number of rotatable bonds is 3. The summed E-state index contributed by atoms with van der Waals surface area (Å²) in [6.45, 7) is 0. The van der Waals surface area contributed by atoms with Gasteiger partial charge in [-0.25, -0.2) is 4.98 Å². The minimum atomic E-state index is 0.324. The van der Waals surface area contributed by atoms with Gasteiger partial charge >= 0.3 is 0 Å². The lowest BCUT2D eigenvalue weighted by Gasteiger charge is -2.06. The molecule has 0 aliphatic carbocycles. The van der Waals surface area contributed by atoms with Crippen molar-refractivity contribution in [2.24, 2.45) is 4.99 Å². The van der Waals surface area contributed by atoms with E-state index in [1.165, 1.54) is 0 Å². The van der Waals surface area contributed by atoms with Gasteiger partial charge in [0.05, 0.1) is 16.8 Å². The van der Waals surface area contributed by atoms with Gasteiger partial charge in [0.1, 0.15) is 11.4 Å². The molecule has 0 aliphatic rings. The smallest absolute Gasteiger partial charge is 0.246 e. The molecule has 18 heavy (non-hydrogen) atoms. The molecule has 0 bridgehead atoms. The quantitative estimate of drug-likeness (QED) is 0.620. The minimum Gasteiger partial charge on any atom is -0.437 e. The second-order valence-electron chi connectivity index (χ2n) is 3.27. The molecule has 0 aliphatic heterocycles. The van der Waals surface area contributed by atoms with E-state index in [4.69, 9.17) is 10.00 Å². The van der Waals surface area contributed by atoms with E-state index in [2.05, 4.69) is 27.4 Å². The van der Waals surface area contributed by atoms with Crippen molar-refractivity contribution in [1.29, 1.82) is 5.26 Å². The van der Waals surface area contributed by atoms with Crippen molar-refractivity contribution in [2.45, 2.75) is 0 Å². The highest BCUT2D eigenvalue weighted by Gasteiger charge is 2.05. The van der Waals surface area contributed by atoms with E-state index in [1.807, 2.05) is 6.07 Å². The highest BCUT2D eigenvalue weighted by Crippen LogP contribution is 2.28. The zero-order valence-electron chi connectivity index (χ0n) is 9.20. The Bertz CT molecular complexity index is 657. The third-order valence-electron chi connectivity index (χ3n) is 2.09. The standard InChI is InChI=1S/C13H7N3OS/c14-8-10-3-1-4-11(7-10)17-13-12(16-9-18)5-2-6-15-13/h1-7H. The molecule has 0 N–H and O–H groups in total.